The first kappa shape index (κ1) is 19.9. The second kappa shape index (κ2) is 8.01. The van der Waals surface area contributed by atoms with E-state index in [2.05, 4.69) is 22.3 Å². The van der Waals surface area contributed by atoms with Gasteiger partial charge in [-0.25, -0.2) is 4.98 Å². The van der Waals surface area contributed by atoms with Gasteiger partial charge < -0.3 is 8.98 Å². The maximum absolute atomic E-state index is 13.5. The zero-order valence-electron chi connectivity index (χ0n) is 18.3. The van der Waals surface area contributed by atoms with Gasteiger partial charge in [0.1, 0.15) is 5.58 Å². The van der Waals surface area contributed by atoms with Crippen molar-refractivity contribution in [1.82, 2.24) is 14.2 Å². The van der Waals surface area contributed by atoms with Gasteiger partial charge in [-0.1, -0.05) is 54.6 Å². The fourth-order valence-electron chi connectivity index (χ4n) is 4.27. The van der Waals surface area contributed by atoms with Crippen LogP contribution in [0.4, 0.5) is 0 Å². The Labute approximate surface area is 194 Å². The topological polar surface area (TPSA) is 65.3 Å². The normalized spacial score (nSPS) is 11.8. The van der Waals surface area contributed by atoms with Crippen LogP contribution in [-0.4, -0.2) is 20.4 Å². The second-order valence-corrected chi connectivity index (χ2v) is 8.01. The number of rotatable bonds is 5. The summed E-state index contributed by atoms with van der Waals surface area (Å²) in [6.45, 7) is 4.53. The minimum Gasteiger partial charge on any atom is -0.453 e. The van der Waals surface area contributed by atoms with E-state index in [1.807, 2.05) is 79.0 Å². The van der Waals surface area contributed by atoms with Gasteiger partial charge in [-0.05, 0) is 30.3 Å². The molecule has 0 N–H and O–H groups in total. The molecule has 0 amide bonds. The van der Waals surface area contributed by atoms with Crippen LogP contribution in [0.25, 0.3) is 44.4 Å². The van der Waals surface area contributed by atoms with E-state index in [0.717, 1.165) is 27.4 Å². The average Bonchev–Trinajstić information content (AvgIpc) is 3.45. The summed E-state index contributed by atoms with van der Waals surface area (Å²) in [5, 5.41) is 7.08. The Hall–Kier alpha value is -4.71. The molecule has 0 aliphatic heterocycles. The number of fused-ring (bicyclic) bond motifs is 3. The summed E-state index contributed by atoms with van der Waals surface area (Å²) in [5.41, 5.74) is 3.03. The fourth-order valence-corrected chi connectivity index (χ4v) is 4.27. The number of benzene rings is 3. The van der Waals surface area contributed by atoms with E-state index in [0.29, 0.717) is 29.0 Å². The van der Waals surface area contributed by atoms with Crippen LogP contribution in [0.3, 0.4) is 0 Å². The van der Waals surface area contributed by atoms with Crippen LogP contribution in [0.5, 0.6) is 0 Å². The molecule has 0 spiro atoms. The van der Waals surface area contributed by atoms with Crippen molar-refractivity contribution >= 4 is 39.0 Å². The molecular formula is C28H20N4O2. The predicted octanol–water partition coefficient (Wildman–Crippen LogP) is 5.83. The second-order valence-electron chi connectivity index (χ2n) is 8.01. The van der Waals surface area contributed by atoms with Crippen molar-refractivity contribution in [3.8, 4) is 11.6 Å². The summed E-state index contributed by atoms with van der Waals surface area (Å²) >= 11 is 0. The van der Waals surface area contributed by atoms with E-state index >= 15 is 0 Å². The summed E-state index contributed by atoms with van der Waals surface area (Å²) in [6.07, 6.45) is 5.56. The molecule has 6 heteroatoms. The molecule has 164 valence electrons. The molecule has 3 aromatic heterocycles. The highest BCUT2D eigenvalue weighted by Gasteiger charge is 2.16. The Kier molecular flexibility index (Phi) is 4.70. The lowest BCUT2D eigenvalue weighted by molar-refractivity contribution is 0.616. The number of hydrogen-bond donors (Lipinski definition) is 0. The van der Waals surface area contributed by atoms with Crippen LogP contribution in [-0.2, 0) is 6.54 Å². The van der Waals surface area contributed by atoms with Gasteiger partial charge in [-0.2, -0.15) is 9.78 Å². The molecule has 0 bridgehead atoms. The van der Waals surface area contributed by atoms with E-state index in [4.69, 9.17) is 9.40 Å². The Morgan fingerprint density at radius 3 is 2.59 bits per heavy atom. The Bertz CT molecular complexity index is 1750. The maximum Gasteiger partial charge on any atom is 0.282 e. The summed E-state index contributed by atoms with van der Waals surface area (Å²) in [6, 6.07) is 24.9. The molecular weight excluding hydrogens is 424 g/mol. The van der Waals surface area contributed by atoms with E-state index in [1.54, 1.807) is 12.3 Å². The summed E-state index contributed by atoms with van der Waals surface area (Å²) in [7, 11) is 0. The van der Waals surface area contributed by atoms with Crippen molar-refractivity contribution in [2.75, 3.05) is 0 Å². The van der Waals surface area contributed by atoms with Gasteiger partial charge in [0, 0.05) is 34.6 Å². The quantitative estimate of drug-likeness (QED) is 0.248. The fraction of sp³-hybridized carbons (Fsp3) is 0.0357. The molecule has 3 aromatic carbocycles. The number of furan rings is 1. The highest BCUT2D eigenvalue weighted by atomic mass is 16.3. The Morgan fingerprint density at radius 2 is 1.74 bits per heavy atom. The molecule has 34 heavy (non-hydrogen) atoms. The minimum absolute atomic E-state index is 0.257. The molecule has 0 aliphatic rings. The third-order valence-electron chi connectivity index (χ3n) is 5.86. The largest absolute Gasteiger partial charge is 0.453 e. The molecule has 0 radical (unpaired) electrons. The standard InChI is InChI=1S/C28H20N4O2/c1-2-15-31-18-20(21-10-5-7-13-24(21)31)17-29-32-27(26-16-19-9-3-8-14-25(19)34-26)30-23-12-6-4-11-22(23)28(32)33/h2-14,16-18H,1,15H2. The lowest BCUT2D eigenvalue weighted by atomic mass is 10.2. The van der Waals surface area contributed by atoms with Crippen LogP contribution in [0.1, 0.15) is 5.56 Å². The zero-order valence-corrected chi connectivity index (χ0v) is 18.3. The Balaban J connectivity index is 1.57. The van der Waals surface area contributed by atoms with Crippen molar-refractivity contribution in [2.45, 2.75) is 6.54 Å². The van der Waals surface area contributed by atoms with Gasteiger partial charge in [0.25, 0.3) is 5.56 Å². The first-order valence-electron chi connectivity index (χ1n) is 11.0. The monoisotopic (exact) mass is 444 g/mol. The lowest BCUT2D eigenvalue weighted by Crippen LogP contribution is -2.20. The van der Waals surface area contributed by atoms with Crippen molar-refractivity contribution in [2.24, 2.45) is 5.10 Å². The van der Waals surface area contributed by atoms with E-state index in [9.17, 15) is 4.79 Å². The first-order chi connectivity index (χ1) is 16.7. The van der Waals surface area contributed by atoms with Gasteiger partial charge in [-0.15, -0.1) is 6.58 Å². The van der Waals surface area contributed by atoms with Gasteiger partial charge in [-0.3, -0.25) is 4.79 Å². The average molecular weight is 444 g/mol. The number of hydrogen-bond acceptors (Lipinski definition) is 4. The molecule has 0 unspecified atom stereocenters. The van der Waals surface area contributed by atoms with E-state index in [-0.39, 0.29) is 5.56 Å². The first-order valence-corrected chi connectivity index (χ1v) is 11.0. The van der Waals surface area contributed by atoms with Crippen molar-refractivity contribution in [3.05, 3.63) is 114 Å². The number of allylic oxidation sites excluding steroid dienone is 1. The van der Waals surface area contributed by atoms with Crippen molar-refractivity contribution in [1.29, 1.82) is 0 Å². The molecule has 6 rings (SSSR count). The molecule has 0 atom stereocenters. The molecule has 6 nitrogen and oxygen atoms in total. The van der Waals surface area contributed by atoms with Crippen LogP contribution in [0.15, 0.2) is 112 Å². The van der Waals surface area contributed by atoms with Crippen LogP contribution >= 0.6 is 0 Å². The molecule has 6 aromatic rings. The molecule has 0 aliphatic carbocycles. The SMILES string of the molecule is C=CCn1cc(C=Nn2c(-c3cc4ccccc4o3)nc3ccccc3c2=O)c2ccccc21. The lowest BCUT2D eigenvalue weighted by Gasteiger charge is -2.07. The highest BCUT2D eigenvalue weighted by molar-refractivity contribution is 5.99. The van der Waals surface area contributed by atoms with Crippen molar-refractivity contribution < 1.29 is 4.42 Å². The smallest absolute Gasteiger partial charge is 0.282 e. The predicted molar refractivity (Wildman–Crippen MR) is 136 cm³/mol. The number of nitrogens with zero attached hydrogens (tertiary/aromatic N) is 4. The summed E-state index contributed by atoms with van der Waals surface area (Å²) in [4.78, 5) is 18.2. The van der Waals surface area contributed by atoms with E-state index < -0.39 is 0 Å². The molecule has 3 heterocycles. The number of aromatic nitrogens is 3. The number of para-hydroxylation sites is 3. The molecule has 0 saturated heterocycles. The highest BCUT2D eigenvalue weighted by Crippen LogP contribution is 2.27. The zero-order chi connectivity index (χ0) is 23.1. The third-order valence-corrected chi connectivity index (χ3v) is 5.86. The summed E-state index contributed by atoms with van der Waals surface area (Å²) < 4.78 is 9.47. The summed E-state index contributed by atoms with van der Waals surface area (Å²) in [5.74, 6) is 0.835. The van der Waals surface area contributed by atoms with Gasteiger partial charge in [0.05, 0.1) is 17.1 Å². The molecule has 0 saturated carbocycles. The molecule has 0 fully saturated rings. The third kappa shape index (κ3) is 3.24. The van der Waals surface area contributed by atoms with Crippen LogP contribution in [0.2, 0.25) is 0 Å². The van der Waals surface area contributed by atoms with Crippen molar-refractivity contribution in [3.63, 3.8) is 0 Å². The minimum atomic E-state index is -0.257. The van der Waals surface area contributed by atoms with Gasteiger partial charge in [0.15, 0.2) is 5.76 Å². The van der Waals surface area contributed by atoms with Crippen LogP contribution in [0, 0.1) is 0 Å². The maximum atomic E-state index is 13.5. The van der Waals surface area contributed by atoms with Crippen LogP contribution < -0.4 is 5.56 Å². The van der Waals surface area contributed by atoms with E-state index in [1.165, 1.54) is 4.68 Å². The van der Waals surface area contributed by atoms with Gasteiger partial charge >= 0.3 is 0 Å². The Morgan fingerprint density at radius 1 is 0.971 bits per heavy atom. The van der Waals surface area contributed by atoms with Gasteiger partial charge in [0.2, 0.25) is 5.82 Å².